The molecule has 0 atom stereocenters. The predicted octanol–water partition coefficient (Wildman–Crippen LogP) is 4.25. The van der Waals surface area contributed by atoms with E-state index in [-0.39, 0.29) is 19.6 Å². The number of rotatable bonds is 8. The summed E-state index contributed by atoms with van der Waals surface area (Å²) in [6, 6.07) is 16.6. The van der Waals surface area contributed by atoms with Crippen molar-refractivity contribution in [1.29, 1.82) is 0 Å². The average molecular weight is 451 g/mol. The van der Waals surface area contributed by atoms with Crippen LogP contribution in [-0.2, 0) is 31.9 Å². The SMILES string of the molecule is CC1(C)OB(C(=Cc2ccc(CC(=O)O)cc2)CNC(=O)OCc2ccccc2)OC1(C)C. The molecule has 1 aliphatic rings. The zero-order valence-electron chi connectivity index (χ0n) is 19.5. The molecule has 8 heteroatoms. The van der Waals surface area contributed by atoms with E-state index in [1.54, 1.807) is 12.1 Å². The number of nitrogens with one attached hydrogen (secondary N) is 1. The first-order valence-electron chi connectivity index (χ1n) is 10.9. The number of benzene rings is 2. The minimum atomic E-state index is -0.880. The molecule has 0 unspecified atom stereocenters. The summed E-state index contributed by atoms with van der Waals surface area (Å²) in [5.41, 5.74) is 2.10. The molecule has 1 aliphatic heterocycles. The van der Waals surface area contributed by atoms with Crippen molar-refractivity contribution >= 4 is 25.3 Å². The minimum Gasteiger partial charge on any atom is -0.481 e. The summed E-state index contributed by atoms with van der Waals surface area (Å²) in [6.07, 6.45) is 1.30. The highest BCUT2D eigenvalue weighted by Gasteiger charge is 2.52. The van der Waals surface area contributed by atoms with E-state index < -0.39 is 30.4 Å². The van der Waals surface area contributed by atoms with Gasteiger partial charge in [0.25, 0.3) is 0 Å². The Labute approximate surface area is 194 Å². The zero-order valence-corrected chi connectivity index (χ0v) is 19.5. The lowest BCUT2D eigenvalue weighted by atomic mass is 9.77. The molecule has 1 saturated heterocycles. The van der Waals surface area contributed by atoms with Crippen molar-refractivity contribution in [2.45, 2.75) is 51.9 Å². The summed E-state index contributed by atoms with van der Waals surface area (Å²) in [5.74, 6) is -0.880. The second kappa shape index (κ2) is 10.2. The Morgan fingerprint density at radius 1 is 0.970 bits per heavy atom. The molecule has 174 valence electrons. The maximum Gasteiger partial charge on any atom is 0.492 e. The molecule has 0 spiro atoms. The quantitative estimate of drug-likeness (QED) is 0.583. The Kier molecular flexibility index (Phi) is 7.61. The third-order valence-corrected chi connectivity index (χ3v) is 5.89. The molecule has 0 saturated carbocycles. The highest BCUT2D eigenvalue weighted by molar-refractivity contribution is 6.56. The van der Waals surface area contributed by atoms with Gasteiger partial charge in [-0.3, -0.25) is 4.79 Å². The van der Waals surface area contributed by atoms with E-state index >= 15 is 0 Å². The molecule has 3 rings (SSSR count). The number of ether oxygens (including phenoxy) is 1. The van der Waals surface area contributed by atoms with Crippen molar-refractivity contribution < 1.29 is 28.7 Å². The molecule has 2 N–H and O–H groups in total. The van der Waals surface area contributed by atoms with E-state index in [1.165, 1.54) is 0 Å². The van der Waals surface area contributed by atoms with Crippen molar-refractivity contribution in [2.75, 3.05) is 6.54 Å². The predicted molar refractivity (Wildman–Crippen MR) is 126 cm³/mol. The van der Waals surface area contributed by atoms with Crippen LogP contribution in [0.4, 0.5) is 4.79 Å². The number of aliphatic carboxylic acids is 1. The van der Waals surface area contributed by atoms with Gasteiger partial charge >= 0.3 is 19.2 Å². The van der Waals surface area contributed by atoms with Gasteiger partial charge in [-0.2, -0.15) is 0 Å². The van der Waals surface area contributed by atoms with Crippen molar-refractivity contribution in [1.82, 2.24) is 5.32 Å². The fraction of sp³-hybridized carbons (Fsp3) is 0.360. The van der Waals surface area contributed by atoms with Gasteiger partial charge in [0.05, 0.1) is 17.6 Å². The summed E-state index contributed by atoms with van der Waals surface area (Å²) in [4.78, 5) is 23.2. The zero-order chi connectivity index (χ0) is 24.1. The Balaban J connectivity index is 1.72. The van der Waals surface area contributed by atoms with Crippen LogP contribution in [0.2, 0.25) is 0 Å². The van der Waals surface area contributed by atoms with E-state index in [0.29, 0.717) is 5.56 Å². The van der Waals surface area contributed by atoms with Gasteiger partial charge in [-0.05, 0) is 49.9 Å². The van der Waals surface area contributed by atoms with Crippen molar-refractivity contribution in [2.24, 2.45) is 0 Å². The number of carbonyl (C=O) groups excluding carboxylic acids is 1. The fourth-order valence-corrected chi connectivity index (χ4v) is 3.27. The Bertz CT molecular complexity index is 985. The highest BCUT2D eigenvalue weighted by atomic mass is 16.7. The lowest BCUT2D eigenvalue weighted by molar-refractivity contribution is -0.136. The second-order valence-electron chi connectivity index (χ2n) is 9.03. The molecular formula is C25H30BNO6. The number of carboxylic acids is 1. The number of alkyl carbamates (subject to hydrolysis) is 1. The Morgan fingerprint density at radius 2 is 1.58 bits per heavy atom. The van der Waals surface area contributed by atoms with Crippen LogP contribution in [0.5, 0.6) is 0 Å². The molecule has 0 radical (unpaired) electrons. The number of hydrogen-bond acceptors (Lipinski definition) is 5. The average Bonchev–Trinajstić information content (AvgIpc) is 2.98. The van der Waals surface area contributed by atoms with Gasteiger partial charge < -0.3 is 24.5 Å². The molecule has 2 aromatic carbocycles. The van der Waals surface area contributed by atoms with Crippen LogP contribution in [0.3, 0.4) is 0 Å². The first-order valence-corrected chi connectivity index (χ1v) is 10.9. The minimum absolute atomic E-state index is 0.0388. The Hall–Kier alpha value is -3.10. The van der Waals surface area contributed by atoms with E-state index in [9.17, 15) is 9.59 Å². The standard InChI is InChI=1S/C25H30BNO6/c1-24(2)25(3,4)33-26(32-24)21(14-18-10-12-19(13-11-18)15-22(28)29)16-27-23(30)31-17-20-8-6-5-7-9-20/h5-14H,15-17H2,1-4H3,(H,27,30)(H,28,29). The number of carbonyl (C=O) groups is 2. The van der Waals surface area contributed by atoms with Crippen LogP contribution in [0.1, 0.15) is 44.4 Å². The van der Waals surface area contributed by atoms with Crippen molar-refractivity contribution in [3.8, 4) is 0 Å². The third kappa shape index (κ3) is 6.69. The molecule has 33 heavy (non-hydrogen) atoms. The van der Waals surface area contributed by atoms with Gasteiger partial charge in [-0.25, -0.2) is 4.79 Å². The smallest absolute Gasteiger partial charge is 0.481 e. The van der Waals surface area contributed by atoms with Gasteiger partial charge in [0, 0.05) is 6.54 Å². The molecule has 2 aromatic rings. The van der Waals surface area contributed by atoms with Gasteiger partial charge in [0.1, 0.15) is 6.61 Å². The van der Waals surface area contributed by atoms with E-state index in [2.05, 4.69) is 5.32 Å². The summed E-state index contributed by atoms with van der Waals surface area (Å²) in [5, 5.41) is 11.7. The van der Waals surface area contributed by atoms with Crippen LogP contribution in [0.15, 0.2) is 60.1 Å². The monoisotopic (exact) mass is 451 g/mol. The molecule has 0 aromatic heterocycles. The first kappa shape index (κ1) is 24.5. The number of carboxylic acid groups (broad SMARTS) is 1. The van der Waals surface area contributed by atoms with E-state index in [0.717, 1.165) is 16.6 Å². The van der Waals surface area contributed by atoms with Crippen LogP contribution in [0.25, 0.3) is 6.08 Å². The van der Waals surface area contributed by atoms with Gasteiger partial charge in [0.15, 0.2) is 0 Å². The largest absolute Gasteiger partial charge is 0.492 e. The molecular weight excluding hydrogens is 421 g/mol. The fourth-order valence-electron chi connectivity index (χ4n) is 3.27. The van der Waals surface area contributed by atoms with Crippen LogP contribution in [0, 0.1) is 0 Å². The van der Waals surface area contributed by atoms with Crippen LogP contribution in [-0.4, -0.2) is 42.0 Å². The highest BCUT2D eigenvalue weighted by Crippen LogP contribution is 2.38. The second-order valence-corrected chi connectivity index (χ2v) is 9.03. The Morgan fingerprint density at radius 3 is 2.15 bits per heavy atom. The molecule has 1 amide bonds. The van der Waals surface area contributed by atoms with Gasteiger partial charge in [-0.1, -0.05) is 60.7 Å². The molecule has 0 aliphatic carbocycles. The van der Waals surface area contributed by atoms with E-state index in [4.69, 9.17) is 19.2 Å². The molecule has 0 bridgehead atoms. The first-order chi connectivity index (χ1) is 15.6. The maximum atomic E-state index is 12.3. The third-order valence-electron chi connectivity index (χ3n) is 5.89. The topological polar surface area (TPSA) is 94.1 Å². The lowest BCUT2D eigenvalue weighted by Gasteiger charge is -2.32. The van der Waals surface area contributed by atoms with Gasteiger partial charge in [-0.15, -0.1) is 0 Å². The van der Waals surface area contributed by atoms with Crippen molar-refractivity contribution in [3.63, 3.8) is 0 Å². The summed E-state index contributed by atoms with van der Waals surface area (Å²) >= 11 is 0. The van der Waals surface area contributed by atoms with E-state index in [1.807, 2.05) is 76.2 Å². The summed E-state index contributed by atoms with van der Waals surface area (Å²) in [7, 11) is -0.650. The van der Waals surface area contributed by atoms with Crippen LogP contribution >= 0.6 is 0 Å². The van der Waals surface area contributed by atoms with Gasteiger partial charge in [0.2, 0.25) is 0 Å². The number of amides is 1. The number of hydrogen-bond donors (Lipinski definition) is 2. The summed E-state index contributed by atoms with van der Waals surface area (Å²) < 4.78 is 17.7. The lowest BCUT2D eigenvalue weighted by Crippen LogP contribution is -2.41. The summed E-state index contributed by atoms with van der Waals surface area (Å²) in [6.45, 7) is 8.20. The maximum absolute atomic E-state index is 12.3. The van der Waals surface area contributed by atoms with Crippen LogP contribution < -0.4 is 5.32 Å². The molecule has 1 heterocycles. The molecule has 1 fully saturated rings. The molecule has 7 nitrogen and oxygen atoms in total. The van der Waals surface area contributed by atoms with Crippen molar-refractivity contribution in [3.05, 3.63) is 76.8 Å². The normalized spacial score (nSPS) is 17.0.